The molecule has 33 heavy (non-hydrogen) atoms. The Morgan fingerprint density at radius 3 is 1.58 bits per heavy atom. The largest absolute Gasteiger partial charge is 1.00 e. The summed E-state index contributed by atoms with van der Waals surface area (Å²) in [5.41, 5.74) is 0. The summed E-state index contributed by atoms with van der Waals surface area (Å²) in [5.74, 6) is 0.627. The van der Waals surface area contributed by atoms with Crippen LogP contribution in [0.3, 0.4) is 0 Å². The van der Waals surface area contributed by atoms with Gasteiger partial charge >= 0.3 is 29.6 Å². The molecule has 0 aromatic carbocycles. The molecule has 0 fully saturated rings. The van der Waals surface area contributed by atoms with Crippen molar-refractivity contribution in [3.8, 4) is 0 Å². The molecular formula is C8H5Cl12N10P3. The van der Waals surface area contributed by atoms with E-state index in [1.807, 2.05) is 0 Å². The number of halogens is 12. The molecule has 1 aliphatic rings. The molecule has 0 saturated carbocycles. The van der Waals surface area contributed by atoms with Crippen LogP contribution in [0.25, 0.3) is 5.78 Å². The Labute approximate surface area is 246 Å². The van der Waals surface area contributed by atoms with Gasteiger partial charge in [0.25, 0.3) is 5.96 Å². The van der Waals surface area contributed by atoms with E-state index in [-0.39, 0.29) is 47.9 Å². The van der Waals surface area contributed by atoms with Crippen LogP contribution in [0.4, 0.5) is 23.8 Å². The molecule has 0 radical (unpaired) electrons. The molecule has 2 aromatic rings. The zero-order valence-corrected chi connectivity index (χ0v) is 26.6. The van der Waals surface area contributed by atoms with E-state index in [1.54, 1.807) is 0 Å². The SMILES string of the molecule is ClCCCl.ClP(Cl)(Cl)=NC1=Nc2nc(N=P(Cl)(Cl)Cl)nc3nc(N=P(Cl)(Cl)Cl)nc([n+]23)N1.[Cl-]. The lowest BCUT2D eigenvalue weighted by molar-refractivity contribution is -0.494. The Balaban J connectivity index is 0.00000101. The zero-order valence-electron chi connectivity index (χ0n) is 14.8. The molecule has 3 heterocycles. The average Bonchev–Trinajstić information content (AvgIpc) is 2.56. The van der Waals surface area contributed by atoms with Crippen molar-refractivity contribution in [2.45, 2.75) is 0 Å². The number of aliphatic imine (C=N–C) groups is 1. The van der Waals surface area contributed by atoms with Crippen LogP contribution in [-0.2, 0) is 0 Å². The van der Waals surface area contributed by atoms with Crippen molar-refractivity contribution >= 4 is 175 Å². The monoisotopic (exact) mass is 754 g/mol. The van der Waals surface area contributed by atoms with E-state index in [9.17, 15) is 0 Å². The molecule has 1 N–H and O–H groups in total. The quantitative estimate of drug-likeness (QED) is 0.203. The molecule has 0 unspecified atom stereocenters. The minimum atomic E-state index is -3.20. The summed E-state index contributed by atoms with van der Waals surface area (Å²) in [6, 6.07) is 0. The van der Waals surface area contributed by atoms with E-state index in [0.29, 0.717) is 11.8 Å². The number of alkyl halides is 2. The first-order valence-corrected chi connectivity index (χ1v) is 21.7. The predicted molar refractivity (Wildman–Crippen MR) is 143 cm³/mol. The predicted octanol–water partition coefficient (Wildman–Crippen LogP) is 7.14. The van der Waals surface area contributed by atoms with Crippen LogP contribution < -0.4 is 22.1 Å². The first-order chi connectivity index (χ1) is 14.6. The number of nitrogens with one attached hydrogen (secondary N) is 1. The third-order valence-corrected chi connectivity index (χ3v) is 6.37. The van der Waals surface area contributed by atoms with Gasteiger partial charge in [-0.3, -0.25) is 5.32 Å². The smallest absolute Gasteiger partial charge is 0.337 e. The Hall–Kier alpha value is 1.99. The maximum Gasteiger partial charge on any atom is 0.337 e. The van der Waals surface area contributed by atoms with Gasteiger partial charge in [0, 0.05) is 11.8 Å². The van der Waals surface area contributed by atoms with Crippen LogP contribution >= 0.6 is 140 Å². The number of guanidine groups is 1. The molecule has 1 aliphatic heterocycles. The second-order valence-electron chi connectivity index (χ2n) is 4.80. The molecule has 0 aliphatic carbocycles. The molecule has 25 heteroatoms. The lowest BCUT2D eigenvalue weighted by Crippen LogP contribution is -3.00. The minimum absolute atomic E-state index is 0. The molecule has 3 rings (SSSR count). The molecule has 2 aromatic heterocycles. The van der Waals surface area contributed by atoms with Crippen LogP contribution in [0, 0.1) is 0 Å². The average molecular weight is 760 g/mol. The maximum absolute atomic E-state index is 5.78. The van der Waals surface area contributed by atoms with Crippen LogP contribution in [0.1, 0.15) is 0 Å². The highest BCUT2D eigenvalue weighted by Crippen LogP contribution is 2.67. The summed E-state index contributed by atoms with van der Waals surface area (Å²) in [6.45, 7) is 0. The molecule has 0 saturated heterocycles. The number of aromatic nitrogens is 5. The van der Waals surface area contributed by atoms with E-state index in [1.165, 1.54) is 4.40 Å². The van der Waals surface area contributed by atoms with E-state index in [2.05, 4.69) is 44.5 Å². The number of nitrogens with zero attached hydrogens (tertiary/aromatic N) is 9. The van der Waals surface area contributed by atoms with E-state index in [4.69, 9.17) is 124 Å². The van der Waals surface area contributed by atoms with Crippen molar-refractivity contribution in [3.63, 3.8) is 0 Å². The second-order valence-corrected chi connectivity index (χ2v) is 26.5. The van der Waals surface area contributed by atoms with E-state index < -0.39 is 15.3 Å². The highest BCUT2D eigenvalue weighted by molar-refractivity contribution is 8.27. The summed E-state index contributed by atoms with van der Waals surface area (Å²) in [7, 11) is 0. The Morgan fingerprint density at radius 1 is 0.697 bits per heavy atom. The van der Waals surface area contributed by atoms with Crippen molar-refractivity contribution in [1.29, 1.82) is 0 Å². The Bertz CT molecular complexity index is 1190. The molecule has 0 spiro atoms. The Kier molecular flexibility index (Phi) is 13.7. The highest BCUT2D eigenvalue weighted by atomic mass is 36.1. The van der Waals surface area contributed by atoms with Crippen LogP contribution in [0.2, 0.25) is 0 Å². The van der Waals surface area contributed by atoms with Crippen molar-refractivity contribution in [2.24, 2.45) is 19.2 Å². The van der Waals surface area contributed by atoms with Crippen molar-refractivity contribution in [3.05, 3.63) is 0 Å². The first-order valence-electron chi connectivity index (χ1n) is 7.23. The molecular weight excluding hydrogens is 755 g/mol. The maximum atomic E-state index is 5.78. The molecule has 0 atom stereocenters. The Morgan fingerprint density at radius 2 is 1.15 bits per heavy atom. The van der Waals surface area contributed by atoms with Crippen molar-refractivity contribution < 1.29 is 16.8 Å². The number of anilines is 1. The minimum Gasteiger partial charge on any atom is -1.00 e. The van der Waals surface area contributed by atoms with Gasteiger partial charge in [-0.1, -0.05) is 0 Å². The third kappa shape index (κ3) is 11.9. The third-order valence-electron chi connectivity index (χ3n) is 2.53. The van der Waals surface area contributed by atoms with Crippen LogP contribution in [-0.4, -0.2) is 37.7 Å². The van der Waals surface area contributed by atoms with Gasteiger partial charge in [0.1, 0.15) is 0 Å². The van der Waals surface area contributed by atoms with Gasteiger partial charge < -0.3 is 12.4 Å². The van der Waals surface area contributed by atoms with Gasteiger partial charge in [-0.05, 0) is 101 Å². The zero-order chi connectivity index (χ0) is 24.3. The summed E-state index contributed by atoms with van der Waals surface area (Å²) >= 11 is 62.1. The van der Waals surface area contributed by atoms with E-state index in [0.717, 1.165) is 0 Å². The highest BCUT2D eigenvalue weighted by Gasteiger charge is 2.29. The number of hydrogen-bond acceptors (Lipinski definition) is 9. The van der Waals surface area contributed by atoms with Gasteiger partial charge in [-0.25, -0.2) is 0 Å². The summed E-state index contributed by atoms with van der Waals surface area (Å²) < 4.78 is 12.8. The van der Waals surface area contributed by atoms with Gasteiger partial charge in [-0.15, -0.1) is 48.1 Å². The first kappa shape index (κ1) is 33.0. The van der Waals surface area contributed by atoms with Gasteiger partial charge in [0.05, 0.1) is 0 Å². The summed E-state index contributed by atoms with van der Waals surface area (Å²) in [5, 5.41) is -6.84. The normalized spacial score (nSPS) is 13.1. The fourth-order valence-corrected chi connectivity index (χ4v) is 4.50. The topological polar surface area (TPSA) is 117 Å². The molecule has 0 bridgehead atoms. The number of hydrogen-bond donors (Lipinski definition) is 1. The fraction of sp³-hybridized carbons (Fsp3) is 0.250. The van der Waals surface area contributed by atoms with Gasteiger partial charge in [0.2, 0.25) is 15.3 Å². The molecule has 186 valence electrons. The van der Waals surface area contributed by atoms with Crippen LogP contribution in [0.5, 0.6) is 0 Å². The summed E-state index contributed by atoms with van der Waals surface area (Å²) in [4.78, 5) is 20.4. The molecule has 10 nitrogen and oxygen atoms in total. The van der Waals surface area contributed by atoms with Gasteiger partial charge in [0.15, 0.2) is 0 Å². The van der Waals surface area contributed by atoms with Crippen molar-refractivity contribution in [1.82, 2.24) is 19.9 Å². The lowest BCUT2D eigenvalue weighted by Gasteiger charge is -2.11. The fourth-order valence-electron chi connectivity index (χ4n) is 1.75. The standard InChI is InChI=1S/C6Cl9N10P3.C2H4Cl2.ClH/c7-26(8,9)22-1-16-4-18-2(23-27(10,11)12)20-6-21-3(24-28(13,14)15)19-5(17-1)25(4)6;3-1-2-4;/h;1-2H2;1H. The number of rotatable bonds is 3. The lowest BCUT2D eigenvalue weighted by atomic mass is 10.6. The van der Waals surface area contributed by atoms with Gasteiger partial charge in [-0.2, -0.15) is 18.6 Å². The van der Waals surface area contributed by atoms with E-state index >= 15 is 0 Å². The second kappa shape index (κ2) is 13.7. The molecule has 0 amide bonds. The van der Waals surface area contributed by atoms with Crippen LogP contribution in [0.15, 0.2) is 19.2 Å². The van der Waals surface area contributed by atoms with Crippen molar-refractivity contribution in [2.75, 3.05) is 17.1 Å². The summed E-state index contributed by atoms with van der Waals surface area (Å²) in [6.07, 6.45) is 0.